The summed E-state index contributed by atoms with van der Waals surface area (Å²) in [6.45, 7) is 4.77. The molecule has 248 valence electrons. The van der Waals surface area contributed by atoms with Crippen molar-refractivity contribution in [2.75, 3.05) is 4.90 Å². The zero-order valence-electron chi connectivity index (χ0n) is 29.3. The second-order valence-electron chi connectivity index (χ2n) is 16.9. The summed E-state index contributed by atoms with van der Waals surface area (Å²) < 4.78 is 6.83. The van der Waals surface area contributed by atoms with Crippen molar-refractivity contribution >= 4 is 39.0 Å². The molecule has 0 N–H and O–H groups in total. The predicted octanol–water partition coefficient (Wildman–Crippen LogP) is 13.1. The minimum absolute atomic E-state index is 0.0942. The van der Waals surface area contributed by atoms with Crippen molar-refractivity contribution in [2.45, 2.75) is 56.8 Å². The second-order valence-corrected chi connectivity index (χ2v) is 16.9. The van der Waals surface area contributed by atoms with E-state index in [1.807, 2.05) is 0 Å². The van der Waals surface area contributed by atoms with E-state index in [1.165, 1.54) is 76.9 Å². The fourth-order valence-corrected chi connectivity index (χ4v) is 12.5. The number of anilines is 3. The maximum atomic E-state index is 6.83. The van der Waals surface area contributed by atoms with Crippen LogP contribution in [0.5, 0.6) is 0 Å². The third-order valence-corrected chi connectivity index (χ3v) is 14.2. The zero-order valence-corrected chi connectivity index (χ0v) is 29.3. The average molecular weight is 660 g/mol. The molecule has 2 heteroatoms. The molecule has 6 aliphatic carbocycles. The average Bonchev–Trinajstić information content (AvgIpc) is 3.76. The van der Waals surface area contributed by atoms with Crippen LogP contribution in [0.3, 0.4) is 0 Å². The van der Waals surface area contributed by atoms with Crippen molar-refractivity contribution < 1.29 is 4.42 Å². The van der Waals surface area contributed by atoms with E-state index in [0.29, 0.717) is 11.8 Å². The lowest BCUT2D eigenvalue weighted by atomic mass is 9.43. The third kappa shape index (κ3) is 3.54. The van der Waals surface area contributed by atoms with Crippen LogP contribution in [-0.2, 0) is 10.8 Å². The van der Waals surface area contributed by atoms with Crippen LogP contribution in [0.2, 0.25) is 0 Å². The maximum Gasteiger partial charge on any atom is 0.159 e. The molecule has 0 unspecified atom stereocenters. The van der Waals surface area contributed by atoms with Gasteiger partial charge in [0, 0.05) is 32.9 Å². The summed E-state index contributed by atoms with van der Waals surface area (Å²) in [6, 6.07) is 48.2. The highest BCUT2D eigenvalue weighted by molar-refractivity contribution is 6.11. The molecule has 51 heavy (non-hydrogen) atoms. The Balaban J connectivity index is 1.16. The van der Waals surface area contributed by atoms with Gasteiger partial charge in [0.1, 0.15) is 5.58 Å². The molecule has 4 fully saturated rings. The second kappa shape index (κ2) is 9.82. The first-order valence-corrected chi connectivity index (χ1v) is 19.2. The minimum Gasteiger partial charge on any atom is -0.454 e. The molecule has 1 heterocycles. The summed E-state index contributed by atoms with van der Waals surface area (Å²) >= 11 is 0. The Bertz CT molecular complexity index is 2570. The Morgan fingerprint density at radius 2 is 1.16 bits per heavy atom. The summed E-state index contributed by atoms with van der Waals surface area (Å²) in [4.78, 5) is 2.55. The van der Waals surface area contributed by atoms with Gasteiger partial charge in [-0.15, -0.1) is 0 Å². The summed E-state index contributed by atoms with van der Waals surface area (Å²) in [5.74, 6) is 3.25. The third-order valence-electron chi connectivity index (χ3n) is 14.2. The van der Waals surface area contributed by atoms with Crippen LogP contribution < -0.4 is 4.90 Å². The van der Waals surface area contributed by atoms with Crippen LogP contribution in [0.4, 0.5) is 17.1 Å². The lowest BCUT2D eigenvalue weighted by molar-refractivity contribution is -0.0399. The molecule has 6 aromatic carbocycles. The number of rotatable bonds is 3. The topological polar surface area (TPSA) is 16.4 Å². The van der Waals surface area contributed by atoms with E-state index in [2.05, 4.69) is 146 Å². The van der Waals surface area contributed by atoms with E-state index in [-0.39, 0.29) is 10.8 Å². The molecule has 1 aromatic heterocycles. The molecule has 0 atom stereocenters. The van der Waals surface area contributed by atoms with Crippen LogP contribution in [0.1, 0.15) is 68.2 Å². The van der Waals surface area contributed by atoms with Crippen LogP contribution in [0.25, 0.3) is 44.2 Å². The molecular formula is C49H41NO. The van der Waals surface area contributed by atoms with E-state index in [0.717, 1.165) is 39.5 Å². The molecular weight excluding hydrogens is 619 g/mol. The molecule has 4 bridgehead atoms. The zero-order chi connectivity index (χ0) is 33.6. The summed E-state index contributed by atoms with van der Waals surface area (Å²) in [7, 11) is 0. The van der Waals surface area contributed by atoms with E-state index in [9.17, 15) is 0 Å². The van der Waals surface area contributed by atoms with Crippen molar-refractivity contribution in [1.29, 1.82) is 0 Å². The van der Waals surface area contributed by atoms with Gasteiger partial charge in [0.2, 0.25) is 0 Å². The highest BCUT2D eigenvalue weighted by Crippen LogP contribution is 2.70. The van der Waals surface area contributed by atoms with E-state index < -0.39 is 0 Å². The van der Waals surface area contributed by atoms with Crippen LogP contribution >= 0.6 is 0 Å². The van der Waals surface area contributed by atoms with Gasteiger partial charge in [-0.3, -0.25) is 0 Å². The monoisotopic (exact) mass is 659 g/mol. The molecule has 0 aliphatic heterocycles. The van der Waals surface area contributed by atoms with E-state index in [4.69, 9.17) is 4.42 Å². The molecule has 0 radical (unpaired) electrons. The SMILES string of the molecule is CC1(C)c2ccccc2-c2c(N(c3ccc4c(c3)C3(c5ccccc5-4)C4CC5CC(C4)CC3C5)c3cccc4c3oc3ccccc34)cccc21. The Hall–Kier alpha value is -5.08. The molecule has 2 nitrogen and oxygen atoms in total. The number of furan rings is 1. The Morgan fingerprint density at radius 3 is 1.98 bits per heavy atom. The lowest BCUT2D eigenvalue weighted by Gasteiger charge is -2.61. The standard InChI is InChI=1S/C49H41NO/c1-48(2)39-15-6-4-13-38(39)46-41(48)17-10-18-43(46)50(44-19-9-14-37-36-12-5-8-20-45(36)51-47(37)44)33-21-22-35-34-11-3-7-16-40(34)49(42(35)28-33)31-24-29-23-30(26-31)27-32(49)25-29/h3-22,28-32H,23-27H2,1-2H3. The van der Waals surface area contributed by atoms with Crippen molar-refractivity contribution in [1.82, 2.24) is 0 Å². The number of nitrogens with zero attached hydrogens (tertiary/aromatic N) is 1. The van der Waals surface area contributed by atoms with Gasteiger partial charge in [-0.1, -0.05) is 111 Å². The van der Waals surface area contributed by atoms with E-state index in [1.54, 1.807) is 11.1 Å². The lowest BCUT2D eigenvalue weighted by Crippen LogP contribution is -2.55. The fourth-order valence-electron chi connectivity index (χ4n) is 12.5. The first kappa shape index (κ1) is 28.6. The number of para-hydroxylation sites is 2. The van der Waals surface area contributed by atoms with Crippen LogP contribution in [0.15, 0.2) is 132 Å². The van der Waals surface area contributed by atoms with Gasteiger partial charge >= 0.3 is 0 Å². The first-order valence-electron chi connectivity index (χ1n) is 19.2. The molecule has 0 saturated heterocycles. The molecule has 0 amide bonds. The number of hydrogen-bond acceptors (Lipinski definition) is 2. The summed E-state index contributed by atoms with van der Waals surface area (Å²) in [5.41, 5.74) is 16.9. The van der Waals surface area contributed by atoms with Gasteiger partial charge in [-0.25, -0.2) is 0 Å². The van der Waals surface area contributed by atoms with Gasteiger partial charge in [-0.2, -0.15) is 0 Å². The number of benzene rings is 6. The Kier molecular flexibility index (Phi) is 5.51. The number of hydrogen-bond donors (Lipinski definition) is 0. The summed E-state index contributed by atoms with van der Waals surface area (Å²) in [5, 5.41) is 2.32. The number of fused-ring (bicyclic) bond motifs is 9. The quantitative estimate of drug-likeness (QED) is 0.188. The Morgan fingerprint density at radius 1 is 0.529 bits per heavy atom. The molecule has 13 rings (SSSR count). The van der Waals surface area contributed by atoms with E-state index >= 15 is 0 Å². The smallest absolute Gasteiger partial charge is 0.159 e. The van der Waals surface area contributed by atoms with Crippen molar-refractivity contribution in [3.63, 3.8) is 0 Å². The largest absolute Gasteiger partial charge is 0.454 e. The normalized spacial score (nSPS) is 25.7. The van der Waals surface area contributed by atoms with Gasteiger partial charge in [0.15, 0.2) is 5.58 Å². The van der Waals surface area contributed by atoms with Gasteiger partial charge in [0.25, 0.3) is 0 Å². The van der Waals surface area contributed by atoms with Crippen molar-refractivity contribution in [3.8, 4) is 22.3 Å². The maximum absolute atomic E-state index is 6.83. The highest BCUT2D eigenvalue weighted by Gasteiger charge is 2.61. The van der Waals surface area contributed by atoms with Gasteiger partial charge in [-0.05, 0) is 125 Å². The molecule has 1 spiro atoms. The summed E-state index contributed by atoms with van der Waals surface area (Å²) in [6.07, 6.45) is 6.98. The minimum atomic E-state index is -0.0942. The van der Waals surface area contributed by atoms with Crippen LogP contribution in [-0.4, -0.2) is 0 Å². The molecule has 6 aliphatic rings. The Labute approximate surface area is 299 Å². The molecule has 4 saturated carbocycles. The van der Waals surface area contributed by atoms with Crippen molar-refractivity contribution in [3.05, 3.63) is 150 Å². The molecule has 7 aromatic rings. The first-order chi connectivity index (χ1) is 25.0. The van der Waals surface area contributed by atoms with Gasteiger partial charge < -0.3 is 9.32 Å². The highest BCUT2D eigenvalue weighted by atomic mass is 16.3. The fraction of sp³-hybridized carbons (Fsp3) is 0.265. The van der Waals surface area contributed by atoms with Crippen molar-refractivity contribution in [2.24, 2.45) is 23.7 Å². The predicted molar refractivity (Wildman–Crippen MR) is 209 cm³/mol. The van der Waals surface area contributed by atoms with Gasteiger partial charge in [0.05, 0.1) is 11.4 Å². The van der Waals surface area contributed by atoms with Crippen LogP contribution in [0, 0.1) is 23.7 Å².